The van der Waals surface area contributed by atoms with Crippen LogP contribution in [0.5, 0.6) is 0 Å². The number of rotatable bonds is 4. The van der Waals surface area contributed by atoms with Gasteiger partial charge < -0.3 is 10.6 Å². The lowest BCUT2D eigenvalue weighted by atomic mass is 9.87. The van der Waals surface area contributed by atoms with Gasteiger partial charge in [0.25, 0.3) is 0 Å². The Labute approximate surface area is 112 Å². The first-order valence-electron chi connectivity index (χ1n) is 7.29. The third-order valence-electron chi connectivity index (χ3n) is 4.06. The third-order valence-corrected chi connectivity index (χ3v) is 4.06. The summed E-state index contributed by atoms with van der Waals surface area (Å²) in [6.07, 6.45) is 6.13. The lowest BCUT2D eigenvalue weighted by Crippen LogP contribution is -2.56. The highest BCUT2D eigenvalue weighted by atomic mass is 16.2. The molecule has 0 aromatic heterocycles. The predicted molar refractivity (Wildman–Crippen MR) is 76.3 cm³/mol. The van der Waals surface area contributed by atoms with E-state index in [2.05, 4.69) is 27.7 Å². The normalized spacial score (nSPS) is 25.3. The van der Waals surface area contributed by atoms with Gasteiger partial charge in [-0.1, -0.05) is 20.8 Å². The van der Waals surface area contributed by atoms with E-state index in [9.17, 15) is 4.79 Å². The molecule has 1 heterocycles. The molecule has 3 heteroatoms. The fraction of sp³-hybridized carbons (Fsp3) is 0.933. The first kappa shape index (κ1) is 15.5. The molecule has 2 N–H and O–H groups in total. The molecular formula is C15H30N2O. The monoisotopic (exact) mass is 254 g/mol. The number of likely N-dealkylation sites (tertiary alicyclic amines) is 1. The minimum atomic E-state index is -0.100. The van der Waals surface area contributed by atoms with Crippen molar-refractivity contribution in [1.82, 2.24) is 4.90 Å². The molecule has 1 fully saturated rings. The molecule has 1 amide bonds. The summed E-state index contributed by atoms with van der Waals surface area (Å²) in [6.45, 7) is 10.3. The number of nitrogens with two attached hydrogens (primary N) is 1. The fourth-order valence-corrected chi connectivity index (χ4v) is 2.72. The van der Waals surface area contributed by atoms with Crippen LogP contribution < -0.4 is 5.73 Å². The number of carbonyl (C=O) groups is 1. The van der Waals surface area contributed by atoms with Crippen molar-refractivity contribution in [3.8, 4) is 0 Å². The van der Waals surface area contributed by atoms with Crippen LogP contribution in [0, 0.1) is 5.41 Å². The van der Waals surface area contributed by atoms with E-state index in [0.29, 0.717) is 24.3 Å². The molecule has 106 valence electrons. The molecule has 1 rings (SSSR count). The van der Waals surface area contributed by atoms with Crippen LogP contribution in [0.1, 0.15) is 66.2 Å². The van der Waals surface area contributed by atoms with Gasteiger partial charge in [-0.05, 0) is 44.4 Å². The third kappa shape index (κ3) is 4.27. The average Bonchev–Trinajstić information content (AvgIpc) is 2.27. The second-order valence-electron chi connectivity index (χ2n) is 7.12. The van der Waals surface area contributed by atoms with Gasteiger partial charge in [-0.2, -0.15) is 0 Å². The summed E-state index contributed by atoms with van der Waals surface area (Å²) in [4.78, 5) is 14.4. The molecule has 0 radical (unpaired) electrons. The Hall–Kier alpha value is -0.570. The Bertz CT molecular complexity index is 283. The average molecular weight is 254 g/mol. The highest BCUT2D eigenvalue weighted by Crippen LogP contribution is 2.28. The molecule has 1 aliphatic heterocycles. The Morgan fingerprint density at radius 2 is 2.00 bits per heavy atom. The summed E-state index contributed by atoms with van der Waals surface area (Å²) in [7, 11) is 0. The van der Waals surface area contributed by atoms with Crippen molar-refractivity contribution >= 4 is 5.91 Å². The van der Waals surface area contributed by atoms with Crippen LogP contribution in [0.15, 0.2) is 0 Å². The van der Waals surface area contributed by atoms with Crippen molar-refractivity contribution < 1.29 is 4.79 Å². The summed E-state index contributed by atoms with van der Waals surface area (Å²) in [5.41, 5.74) is 6.09. The molecule has 1 atom stereocenters. The van der Waals surface area contributed by atoms with Crippen molar-refractivity contribution in [2.75, 3.05) is 13.1 Å². The maximum Gasteiger partial charge on any atom is 0.223 e. The van der Waals surface area contributed by atoms with Gasteiger partial charge in [0.2, 0.25) is 5.91 Å². The number of nitrogens with zero attached hydrogens (tertiary/aromatic N) is 1. The van der Waals surface area contributed by atoms with Crippen LogP contribution in [0.25, 0.3) is 0 Å². The molecule has 18 heavy (non-hydrogen) atoms. The molecule has 0 saturated carbocycles. The molecule has 0 aromatic carbocycles. The minimum Gasteiger partial charge on any atom is -0.336 e. The van der Waals surface area contributed by atoms with Crippen molar-refractivity contribution in [3.05, 3.63) is 0 Å². The Balaban J connectivity index is 2.49. The van der Waals surface area contributed by atoms with E-state index in [-0.39, 0.29) is 5.54 Å². The summed E-state index contributed by atoms with van der Waals surface area (Å²) in [6, 6.07) is 0. The molecule has 0 aliphatic carbocycles. The van der Waals surface area contributed by atoms with E-state index >= 15 is 0 Å². The number of piperidine rings is 1. The van der Waals surface area contributed by atoms with Crippen molar-refractivity contribution in [2.24, 2.45) is 11.1 Å². The second-order valence-corrected chi connectivity index (χ2v) is 7.12. The molecular weight excluding hydrogens is 224 g/mol. The minimum absolute atomic E-state index is 0.100. The molecule has 3 nitrogen and oxygen atoms in total. The van der Waals surface area contributed by atoms with E-state index in [4.69, 9.17) is 5.73 Å². The standard InChI is InChI=1S/C15H30N2O/c1-14(2,3)9-7-8-13(18)17-11-6-5-10-15(17,4)12-16/h5-12,16H2,1-4H3. The molecule has 1 saturated heterocycles. The number of hydrogen-bond acceptors (Lipinski definition) is 2. The van der Waals surface area contributed by atoms with Crippen LogP contribution >= 0.6 is 0 Å². The molecule has 0 bridgehead atoms. The van der Waals surface area contributed by atoms with Gasteiger partial charge in [0.15, 0.2) is 0 Å². The molecule has 1 unspecified atom stereocenters. The van der Waals surface area contributed by atoms with Crippen LogP contribution in [-0.2, 0) is 4.79 Å². The molecule has 1 aliphatic rings. The zero-order chi connectivity index (χ0) is 13.8. The first-order valence-corrected chi connectivity index (χ1v) is 7.29. The fourth-order valence-electron chi connectivity index (χ4n) is 2.72. The van der Waals surface area contributed by atoms with Gasteiger partial charge in [0.1, 0.15) is 0 Å². The summed E-state index contributed by atoms with van der Waals surface area (Å²) >= 11 is 0. The van der Waals surface area contributed by atoms with E-state index in [1.807, 2.05) is 4.90 Å². The zero-order valence-corrected chi connectivity index (χ0v) is 12.6. The predicted octanol–water partition coefficient (Wildman–Crippen LogP) is 2.93. The topological polar surface area (TPSA) is 46.3 Å². The number of amides is 1. The lowest BCUT2D eigenvalue weighted by Gasteiger charge is -2.44. The zero-order valence-electron chi connectivity index (χ0n) is 12.6. The van der Waals surface area contributed by atoms with Crippen molar-refractivity contribution in [2.45, 2.75) is 71.8 Å². The largest absolute Gasteiger partial charge is 0.336 e. The SMILES string of the molecule is CC(C)(C)CCCC(=O)N1CCCCC1(C)CN. The van der Waals surface area contributed by atoms with E-state index in [1.54, 1.807) is 0 Å². The quantitative estimate of drug-likeness (QED) is 0.838. The summed E-state index contributed by atoms with van der Waals surface area (Å²) in [5.74, 6) is 0.298. The van der Waals surface area contributed by atoms with Gasteiger partial charge >= 0.3 is 0 Å². The Morgan fingerprint density at radius 1 is 1.33 bits per heavy atom. The maximum absolute atomic E-state index is 12.3. The molecule has 0 aromatic rings. The van der Waals surface area contributed by atoms with Gasteiger partial charge in [0, 0.05) is 19.5 Å². The lowest BCUT2D eigenvalue weighted by molar-refractivity contribution is -0.139. The first-order chi connectivity index (χ1) is 8.28. The van der Waals surface area contributed by atoms with Crippen LogP contribution in [-0.4, -0.2) is 29.4 Å². The van der Waals surface area contributed by atoms with E-state index in [0.717, 1.165) is 32.2 Å². The number of carbonyl (C=O) groups excluding carboxylic acids is 1. The van der Waals surface area contributed by atoms with E-state index < -0.39 is 0 Å². The van der Waals surface area contributed by atoms with Gasteiger partial charge in [-0.25, -0.2) is 0 Å². The number of hydrogen-bond donors (Lipinski definition) is 1. The summed E-state index contributed by atoms with van der Waals surface area (Å²) in [5, 5.41) is 0. The van der Waals surface area contributed by atoms with Gasteiger partial charge in [-0.3, -0.25) is 4.79 Å². The van der Waals surface area contributed by atoms with Crippen LogP contribution in [0.2, 0.25) is 0 Å². The van der Waals surface area contributed by atoms with Crippen molar-refractivity contribution in [3.63, 3.8) is 0 Å². The Kier molecular flexibility index (Phi) is 5.20. The van der Waals surface area contributed by atoms with Gasteiger partial charge in [-0.15, -0.1) is 0 Å². The van der Waals surface area contributed by atoms with Crippen LogP contribution in [0.3, 0.4) is 0 Å². The maximum atomic E-state index is 12.3. The highest BCUT2D eigenvalue weighted by Gasteiger charge is 2.35. The van der Waals surface area contributed by atoms with Crippen LogP contribution in [0.4, 0.5) is 0 Å². The van der Waals surface area contributed by atoms with E-state index in [1.165, 1.54) is 6.42 Å². The Morgan fingerprint density at radius 3 is 2.56 bits per heavy atom. The van der Waals surface area contributed by atoms with Crippen molar-refractivity contribution in [1.29, 1.82) is 0 Å². The van der Waals surface area contributed by atoms with Gasteiger partial charge in [0.05, 0.1) is 5.54 Å². The smallest absolute Gasteiger partial charge is 0.223 e. The summed E-state index contributed by atoms with van der Waals surface area (Å²) < 4.78 is 0. The molecule has 0 spiro atoms. The highest BCUT2D eigenvalue weighted by molar-refractivity contribution is 5.77. The second kappa shape index (κ2) is 6.05.